The zero-order valence-corrected chi connectivity index (χ0v) is 10.5. The molecule has 0 spiro atoms. The molecule has 0 radical (unpaired) electrons. The van der Waals surface area contributed by atoms with Crippen LogP contribution in [0.2, 0.25) is 5.02 Å². The van der Waals surface area contributed by atoms with Gasteiger partial charge in [-0.05, 0) is 25.2 Å². The SMILES string of the molecule is COCCN(C)CCOc1cccc(Cl)c1. The maximum Gasteiger partial charge on any atom is 0.120 e. The highest BCUT2D eigenvalue weighted by Crippen LogP contribution is 2.16. The van der Waals surface area contributed by atoms with Crippen LogP contribution in [0.25, 0.3) is 0 Å². The van der Waals surface area contributed by atoms with Gasteiger partial charge in [0.05, 0.1) is 6.61 Å². The second-order valence-electron chi connectivity index (χ2n) is 3.60. The molecule has 0 bridgehead atoms. The molecule has 0 saturated heterocycles. The number of hydrogen-bond acceptors (Lipinski definition) is 3. The molecular weight excluding hydrogens is 226 g/mol. The van der Waals surface area contributed by atoms with Crippen molar-refractivity contribution in [2.24, 2.45) is 0 Å². The highest BCUT2D eigenvalue weighted by Gasteiger charge is 1.99. The largest absolute Gasteiger partial charge is 0.492 e. The van der Waals surface area contributed by atoms with Gasteiger partial charge in [0.25, 0.3) is 0 Å². The first-order valence-corrected chi connectivity index (χ1v) is 5.66. The number of ether oxygens (including phenoxy) is 2. The van der Waals surface area contributed by atoms with Gasteiger partial charge in [0.2, 0.25) is 0 Å². The maximum atomic E-state index is 5.85. The number of benzene rings is 1. The maximum absolute atomic E-state index is 5.85. The van der Waals surface area contributed by atoms with Gasteiger partial charge < -0.3 is 14.4 Å². The quantitative estimate of drug-likeness (QED) is 0.734. The van der Waals surface area contributed by atoms with Crippen molar-refractivity contribution in [2.45, 2.75) is 0 Å². The molecule has 1 rings (SSSR count). The molecule has 0 aliphatic heterocycles. The summed E-state index contributed by atoms with van der Waals surface area (Å²) in [6.45, 7) is 3.18. The predicted octanol–water partition coefficient (Wildman–Crippen LogP) is 2.30. The van der Waals surface area contributed by atoms with E-state index in [0.717, 1.165) is 25.4 Å². The Labute approximate surface area is 102 Å². The van der Waals surface area contributed by atoms with E-state index in [4.69, 9.17) is 21.1 Å². The Kier molecular flexibility index (Phi) is 6.23. The molecule has 0 amide bonds. The second kappa shape index (κ2) is 7.49. The van der Waals surface area contributed by atoms with Crippen molar-refractivity contribution in [1.29, 1.82) is 0 Å². The number of rotatable bonds is 7. The molecule has 90 valence electrons. The fourth-order valence-electron chi connectivity index (χ4n) is 1.24. The number of nitrogens with zero attached hydrogens (tertiary/aromatic N) is 1. The van der Waals surface area contributed by atoms with Crippen molar-refractivity contribution in [3.63, 3.8) is 0 Å². The standard InChI is InChI=1S/C12H18ClNO2/c1-14(6-8-15-2)7-9-16-12-5-3-4-11(13)10-12/h3-5,10H,6-9H2,1-2H3. The first kappa shape index (κ1) is 13.3. The minimum atomic E-state index is 0.653. The Hall–Kier alpha value is -0.770. The van der Waals surface area contributed by atoms with Crippen molar-refractivity contribution in [3.05, 3.63) is 29.3 Å². The van der Waals surface area contributed by atoms with Gasteiger partial charge >= 0.3 is 0 Å². The summed E-state index contributed by atoms with van der Waals surface area (Å²) in [5, 5.41) is 0.699. The highest BCUT2D eigenvalue weighted by atomic mass is 35.5. The summed E-state index contributed by atoms with van der Waals surface area (Å²) in [6, 6.07) is 7.43. The number of likely N-dealkylation sites (N-methyl/N-ethyl adjacent to an activating group) is 1. The predicted molar refractivity (Wildman–Crippen MR) is 66.3 cm³/mol. The number of hydrogen-bond donors (Lipinski definition) is 0. The molecular formula is C12H18ClNO2. The van der Waals surface area contributed by atoms with Gasteiger partial charge in [0, 0.05) is 25.2 Å². The van der Waals surface area contributed by atoms with E-state index in [0.29, 0.717) is 11.6 Å². The normalized spacial score (nSPS) is 10.8. The van der Waals surface area contributed by atoms with E-state index < -0.39 is 0 Å². The summed E-state index contributed by atoms with van der Waals surface area (Å²) >= 11 is 5.85. The van der Waals surface area contributed by atoms with Gasteiger partial charge in [-0.1, -0.05) is 17.7 Å². The van der Waals surface area contributed by atoms with Crippen LogP contribution < -0.4 is 4.74 Å². The Morgan fingerprint density at radius 2 is 2.00 bits per heavy atom. The summed E-state index contributed by atoms with van der Waals surface area (Å²) in [6.07, 6.45) is 0. The lowest BCUT2D eigenvalue weighted by atomic mass is 10.3. The number of methoxy groups -OCH3 is 1. The van der Waals surface area contributed by atoms with Crippen LogP contribution in [0.4, 0.5) is 0 Å². The molecule has 4 heteroatoms. The summed E-state index contributed by atoms with van der Waals surface area (Å²) in [5.74, 6) is 0.813. The molecule has 16 heavy (non-hydrogen) atoms. The fraction of sp³-hybridized carbons (Fsp3) is 0.500. The van der Waals surface area contributed by atoms with Crippen LogP contribution in [0.1, 0.15) is 0 Å². The molecule has 0 atom stereocenters. The molecule has 0 aliphatic rings. The Balaban J connectivity index is 2.20. The average Bonchev–Trinajstić information content (AvgIpc) is 2.26. The van der Waals surface area contributed by atoms with E-state index in [1.54, 1.807) is 7.11 Å². The third kappa shape index (κ3) is 5.35. The second-order valence-corrected chi connectivity index (χ2v) is 4.04. The molecule has 0 heterocycles. The Morgan fingerprint density at radius 1 is 1.25 bits per heavy atom. The molecule has 1 aromatic rings. The first-order chi connectivity index (χ1) is 7.72. The smallest absolute Gasteiger partial charge is 0.120 e. The van der Waals surface area contributed by atoms with E-state index in [-0.39, 0.29) is 0 Å². The Morgan fingerprint density at radius 3 is 2.69 bits per heavy atom. The lowest BCUT2D eigenvalue weighted by Crippen LogP contribution is -2.27. The van der Waals surface area contributed by atoms with Gasteiger partial charge in [-0.3, -0.25) is 0 Å². The number of halogens is 1. The zero-order valence-electron chi connectivity index (χ0n) is 9.78. The van der Waals surface area contributed by atoms with Crippen LogP contribution in [0.3, 0.4) is 0 Å². The topological polar surface area (TPSA) is 21.7 Å². The van der Waals surface area contributed by atoms with Crippen LogP contribution in [0.15, 0.2) is 24.3 Å². The third-order valence-electron chi connectivity index (χ3n) is 2.21. The van der Waals surface area contributed by atoms with Crippen molar-refractivity contribution < 1.29 is 9.47 Å². The van der Waals surface area contributed by atoms with E-state index in [9.17, 15) is 0 Å². The lowest BCUT2D eigenvalue weighted by molar-refractivity contribution is 0.150. The van der Waals surface area contributed by atoms with Gasteiger partial charge in [0.1, 0.15) is 12.4 Å². The fourth-order valence-corrected chi connectivity index (χ4v) is 1.42. The minimum Gasteiger partial charge on any atom is -0.492 e. The lowest BCUT2D eigenvalue weighted by Gasteiger charge is -2.16. The first-order valence-electron chi connectivity index (χ1n) is 5.28. The van der Waals surface area contributed by atoms with Crippen LogP contribution in [0.5, 0.6) is 5.75 Å². The van der Waals surface area contributed by atoms with Gasteiger partial charge in [-0.15, -0.1) is 0 Å². The van der Waals surface area contributed by atoms with E-state index in [1.165, 1.54) is 0 Å². The Bertz CT molecular complexity index is 307. The van der Waals surface area contributed by atoms with Crippen molar-refractivity contribution in [3.8, 4) is 5.75 Å². The van der Waals surface area contributed by atoms with Crippen molar-refractivity contribution in [1.82, 2.24) is 4.90 Å². The van der Waals surface area contributed by atoms with E-state index >= 15 is 0 Å². The summed E-state index contributed by atoms with van der Waals surface area (Å²) in [4.78, 5) is 2.16. The third-order valence-corrected chi connectivity index (χ3v) is 2.45. The van der Waals surface area contributed by atoms with E-state index in [1.807, 2.05) is 31.3 Å². The van der Waals surface area contributed by atoms with Crippen LogP contribution in [-0.2, 0) is 4.74 Å². The highest BCUT2D eigenvalue weighted by molar-refractivity contribution is 6.30. The van der Waals surface area contributed by atoms with Crippen molar-refractivity contribution >= 4 is 11.6 Å². The zero-order chi connectivity index (χ0) is 11.8. The van der Waals surface area contributed by atoms with E-state index in [2.05, 4.69) is 4.90 Å². The van der Waals surface area contributed by atoms with Gasteiger partial charge in [0.15, 0.2) is 0 Å². The minimum absolute atomic E-state index is 0.653. The molecule has 0 aromatic heterocycles. The van der Waals surface area contributed by atoms with Crippen LogP contribution >= 0.6 is 11.6 Å². The summed E-state index contributed by atoms with van der Waals surface area (Å²) in [7, 11) is 3.75. The molecule has 3 nitrogen and oxygen atoms in total. The van der Waals surface area contributed by atoms with Gasteiger partial charge in [-0.25, -0.2) is 0 Å². The van der Waals surface area contributed by atoms with Crippen molar-refractivity contribution in [2.75, 3.05) is 40.5 Å². The van der Waals surface area contributed by atoms with Crippen LogP contribution in [-0.4, -0.2) is 45.4 Å². The molecule has 0 N–H and O–H groups in total. The molecule has 1 aromatic carbocycles. The summed E-state index contributed by atoms with van der Waals surface area (Å²) < 4.78 is 10.6. The molecule has 0 unspecified atom stereocenters. The molecule has 0 saturated carbocycles. The summed E-state index contributed by atoms with van der Waals surface area (Å²) in [5.41, 5.74) is 0. The monoisotopic (exact) mass is 243 g/mol. The molecule has 0 aliphatic carbocycles. The van der Waals surface area contributed by atoms with Crippen LogP contribution in [0, 0.1) is 0 Å². The van der Waals surface area contributed by atoms with Gasteiger partial charge in [-0.2, -0.15) is 0 Å². The molecule has 0 fully saturated rings. The average molecular weight is 244 g/mol.